The summed E-state index contributed by atoms with van der Waals surface area (Å²) in [6.45, 7) is 1.90. The van der Waals surface area contributed by atoms with Gasteiger partial charge in [-0.1, -0.05) is 17.7 Å². The van der Waals surface area contributed by atoms with Gasteiger partial charge in [-0.15, -0.1) is 0 Å². The van der Waals surface area contributed by atoms with Crippen molar-refractivity contribution in [3.63, 3.8) is 0 Å². The second kappa shape index (κ2) is 4.79. The fourth-order valence-corrected chi connectivity index (χ4v) is 2.30. The van der Waals surface area contributed by atoms with E-state index in [1.54, 1.807) is 6.07 Å². The Morgan fingerprint density at radius 3 is 2.69 bits per heavy atom. The number of nitrogens with two attached hydrogens (primary N) is 1. The van der Waals surface area contributed by atoms with E-state index in [2.05, 4.69) is 6.08 Å². The quantitative estimate of drug-likeness (QED) is 0.755. The predicted octanol–water partition coefficient (Wildman–Crippen LogP) is 3.63. The summed E-state index contributed by atoms with van der Waals surface area (Å²) >= 11 is 0. The van der Waals surface area contributed by atoms with E-state index < -0.39 is 0 Å². The van der Waals surface area contributed by atoms with E-state index in [0.717, 1.165) is 24.0 Å². The number of rotatable bonds is 2. The minimum atomic E-state index is -0.193. The van der Waals surface area contributed by atoms with Gasteiger partial charge in [0.25, 0.3) is 0 Å². The number of benzene rings is 1. The zero-order chi connectivity index (χ0) is 11.5. The van der Waals surface area contributed by atoms with Crippen LogP contribution in [0.15, 0.2) is 29.8 Å². The zero-order valence-corrected chi connectivity index (χ0v) is 9.67. The van der Waals surface area contributed by atoms with Crippen molar-refractivity contribution in [3.8, 4) is 0 Å². The van der Waals surface area contributed by atoms with Crippen molar-refractivity contribution in [2.45, 2.75) is 38.6 Å². The van der Waals surface area contributed by atoms with Crippen LogP contribution in [-0.4, -0.2) is 0 Å². The fourth-order valence-electron chi connectivity index (χ4n) is 2.30. The van der Waals surface area contributed by atoms with E-state index >= 15 is 0 Å². The molecule has 16 heavy (non-hydrogen) atoms. The highest BCUT2D eigenvalue weighted by Crippen LogP contribution is 2.28. The summed E-state index contributed by atoms with van der Waals surface area (Å²) in [7, 11) is 0. The van der Waals surface area contributed by atoms with Gasteiger partial charge in [0, 0.05) is 0 Å². The van der Waals surface area contributed by atoms with Crippen LogP contribution in [0, 0.1) is 12.7 Å². The topological polar surface area (TPSA) is 26.0 Å². The molecule has 2 N–H and O–H groups in total. The first-order chi connectivity index (χ1) is 7.66. The molecule has 0 fully saturated rings. The minimum Gasteiger partial charge on any atom is -0.321 e. The molecule has 0 heterocycles. The molecule has 1 aromatic carbocycles. The first-order valence-electron chi connectivity index (χ1n) is 5.88. The van der Waals surface area contributed by atoms with Crippen LogP contribution in [0.2, 0.25) is 0 Å². The highest BCUT2D eigenvalue weighted by molar-refractivity contribution is 5.32. The van der Waals surface area contributed by atoms with Crippen molar-refractivity contribution >= 4 is 0 Å². The largest absolute Gasteiger partial charge is 0.321 e. The summed E-state index contributed by atoms with van der Waals surface area (Å²) in [6.07, 6.45) is 6.83. The summed E-state index contributed by atoms with van der Waals surface area (Å²) in [6, 6.07) is 4.93. The SMILES string of the molecule is Cc1cc(F)cc(C(N)C2=CCCCC2)c1. The van der Waals surface area contributed by atoms with Crippen LogP contribution in [0.25, 0.3) is 0 Å². The Morgan fingerprint density at radius 2 is 2.06 bits per heavy atom. The number of hydrogen-bond acceptors (Lipinski definition) is 1. The van der Waals surface area contributed by atoms with Crippen LogP contribution in [0.4, 0.5) is 4.39 Å². The minimum absolute atomic E-state index is 0.130. The third kappa shape index (κ3) is 2.50. The van der Waals surface area contributed by atoms with Gasteiger partial charge < -0.3 is 5.73 Å². The van der Waals surface area contributed by atoms with Crippen molar-refractivity contribution in [3.05, 3.63) is 46.8 Å². The Kier molecular flexibility index (Phi) is 3.39. The molecule has 0 bridgehead atoms. The van der Waals surface area contributed by atoms with Crippen LogP contribution in [0.3, 0.4) is 0 Å². The lowest BCUT2D eigenvalue weighted by Gasteiger charge is -2.20. The van der Waals surface area contributed by atoms with E-state index in [9.17, 15) is 4.39 Å². The molecular formula is C14H18FN. The third-order valence-electron chi connectivity index (χ3n) is 3.15. The molecule has 1 aliphatic rings. The highest BCUT2D eigenvalue weighted by atomic mass is 19.1. The zero-order valence-electron chi connectivity index (χ0n) is 9.67. The van der Waals surface area contributed by atoms with Crippen molar-refractivity contribution in [1.29, 1.82) is 0 Å². The van der Waals surface area contributed by atoms with Gasteiger partial charge in [0.1, 0.15) is 5.82 Å². The molecular weight excluding hydrogens is 201 g/mol. The van der Waals surface area contributed by atoms with Crippen molar-refractivity contribution in [2.24, 2.45) is 5.73 Å². The maximum absolute atomic E-state index is 13.3. The average Bonchev–Trinajstić information content (AvgIpc) is 2.28. The molecule has 1 atom stereocenters. The lowest BCUT2D eigenvalue weighted by Crippen LogP contribution is -2.15. The van der Waals surface area contributed by atoms with Gasteiger partial charge >= 0.3 is 0 Å². The molecule has 1 nitrogen and oxygen atoms in total. The van der Waals surface area contributed by atoms with Gasteiger partial charge in [0.15, 0.2) is 0 Å². The van der Waals surface area contributed by atoms with Crippen LogP contribution in [0.5, 0.6) is 0 Å². The second-order valence-electron chi connectivity index (χ2n) is 4.56. The molecule has 86 valence electrons. The molecule has 2 rings (SSSR count). The van der Waals surface area contributed by atoms with Gasteiger partial charge in [-0.3, -0.25) is 0 Å². The van der Waals surface area contributed by atoms with Gasteiger partial charge in [-0.25, -0.2) is 4.39 Å². The Bertz CT molecular complexity index is 389. The van der Waals surface area contributed by atoms with Gasteiger partial charge in [-0.2, -0.15) is 0 Å². The Morgan fingerprint density at radius 1 is 1.25 bits per heavy atom. The maximum Gasteiger partial charge on any atom is 0.123 e. The van der Waals surface area contributed by atoms with Crippen LogP contribution >= 0.6 is 0 Å². The second-order valence-corrected chi connectivity index (χ2v) is 4.56. The molecule has 1 aromatic rings. The third-order valence-corrected chi connectivity index (χ3v) is 3.15. The Hall–Kier alpha value is -1.15. The smallest absolute Gasteiger partial charge is 0.123 e. The summed E-state index contributed by atoms with van der Waals surface area (Å²) in [5.41, 5.74) is 9.26. The lowest BCUT2D eigenvalue weighted by atomic mass is 9.90. The Labute approximate surface area is 96.2 Å². The van der Waals surface area contributed by atoms with Gasteiger partial charge in [-0.05, 0) is 55.9 Å². The average molecular weight is 219 g/mol. The van der Waals surface area contributed by atoms with E-state index in [4.69, 9.17) is 5.73 Å². The van der Waals surface area contributed by atoms with Crippen LogP contribution < -0.4 is 5.73 Å². The molecule has 1 aliphatic carbocycles. The fraction of sp³-hybridized carbons (Fsp3) is 0.429. The number of allylic oxidation sites excluding steroid dienone is 1. The molecule has 0 saturated carbocycles. The van der Waals surface area contributed by atoms with Crippen molar-refractivity contribution in [1.82, 2.24) is 0 Å². The van der Waals surface area contributed by atoms with E-state index in [1.165, 1.54) is 24.5 Å². The molecule has 0 amide bonds. The molecule has 2 heteroatoms. The van der Waals surface area contributed by atoms with E-state index in [1.807, 2.05) is 13.0 Å². The summed E-state index contributed by atoms with van der Waals surface area (Å²) in [5.74, 6) is -0.193. The summed E-state index contributed by atoms with van der Waals surface area (Å²) < 4.78 is 13.3. The highest BCUT2D eigenvalue weighted by Gasteiger charge is 2.14. The normalized spacial score (nSPS) is 18.1. The van der Waals surface area contributed by atoms with Crippen LogP contribution in [-0.2, 0) is 0 Å². The predicted molar refractivity (Wildman–Crippen MR) is 64.6 cm³/mol. The van der Waals surface area contributed by atoms with Crippen LogP contribution in [0.1, 0.15) is 42.9 Å². The van der Waals surface area contributed by atoms with Crippen molar-refractivity contribution in [2.75, 3.05) is 0 Å². The standard InChI is InChI=1S/C14H18FN/c1-10-7-12(9-13(15)8-10)14(16)11-5-3-2-4-6-11/h5,7-9,14H,2-4,6,16H2,1H3. The summed E-state index contributed by atoms with van der Waals surface area (Å²) in [5, 5.41) is 0. The van der Waals surface area contributed by atoms with Gasteiger partial charge in [0.05, 0.1) is 6.04 Å². The number of hydrogen-bond donors (Lipinski definition) is 1. The Balaban J connectivity index is 2.25. The number of aryl methyl sites for hydroxylation is 1. The van der Waals surface area contributed by atoms with E-state index in [-0.39, 0.29) is 11.9 Å². The molecule has 0 aliphatic heterocycles. The maximum atomic E-state index is 13.3. The first-order valence-corrected chi connectivity index (χ1v) is 5.88. The molecule has 0 radical (unpaired) electrons. The monoisotopic (exact) mass is 219 g/mol. The molecule has 0 spiro atoms. The lowest BCUT2D eigenvalue weighted by molar-refractivity contribution is 0.615. The summed E-state index contributed by atoms with van der Waals surface area (Å²) in [4.78, 5) is 0. The van der Waals surface area contributed by atoms with Crippen molar-refractivity contribution < 1.29 is 4.39 Å². The first kappa shape index (κ1) is 11.3. The molecule has 0 aromatic heterocycles. The number of halogens is 1. The molecule has 0 saturated heterocycles. The van der Waals surface area contributed by atoms with E-state index in [0.29, 0.717) is 0 Å². The molecule has 1 unspecified atom stereocenters. The van der Waals surface area contributed by atoms with Gasteiger partial charge in [0.2, 0.25) is 0 Å².